The standard InChI is InChI=1S/C11H17ClN2O2S/c1-3-6-14-17(15,16)10-5-4-9(8-13-2)11(12)7-10/h4-5,7,13-14H,3,6,8H2,1-2H3. The summed E-state index contributed by atoms with van der Waals surface area (Å²) in [4.78, 5) is 0.204. The second-order valence-corrected chi connectivity index (χ2v) is 5.86. The van der Waals surface area contributed by atoms with Crippen molar-refractivity contribution < 1.29 is 8.42 Å². The van der Waals surface area contributed by atoms with Crippen molar-refractivity contribution in [3.63, 3.8) is 0 Å². The first kappa shape index (κ1) is 14.4. The molecule has 1 rings (SSSR count). The summed E-state index contributed by atoms with van der Waals surface area (Å²) in [5.41, 5.74) is 0.878. The predicted octanol–water partition coefficient (Wildman–Crippen LogP) is 1.75. The minimum absolute atomic E-state index is 0.204. The van der Waals surface area contributed by atoms with Crippen LogP contribution in [0.2, 0.25) is 5.02 Å². The molecule has 0 unspecified atom stereocenters. The Morgan fingerprint density at radius 1 is 1.35 bits per heavy atom. The number of rotatable bonds is 6. The van der Waals surface area contributed by atoms with Gasteiger partial charge < -0.3 is 5.32 Å². The van der Waals surface area contributed by atoms with Gasteiger partial charge in [0.05, 0.1) is 4.90 Å². The molecule has 17 heavy (non-hydrogen) atoms. The van der Waals surface area contributed by atoms with Crippen molar-refractivity contribution in [1.29, 1.82) is 0 Å². The van der Waals surface area contributed by atoms with Crippen LogP contribution in [0.25, 0.3) is 0 Å². The van der Waals surface area contributed by atoms with E-state index in [1.54, 1.807) is 12.1 Å². The van der Waals surface area contributed by atoms with Crippen molar-refractivity contribution >= 4 is 21.6 Å². The maximum absolute atomic E-state index is 11.8. The minimum atomic E-state index is -3.43. The van der Waals surface area contributed by atoms with Crippen molar-refractivity contribution in [3.8, 4) is 0 Å². The number of benzene rings is 1. The molecular weight excluding hydrogens is 260 g/mol. The lowest BCUT2D eigenvalue weighted by molar-refractivity contribution is 0.581. The molecule has 1 aromatic carbocycles. The van der Waals surface area contributed by atoms with Crippen molar-refractivity contribution in [2.75, 3.05) is 13.6 Å². The highest BCUT2D eigenvalue weighted by molar-refractivity contribution is 7.89. The summed E-state index contributed by atoms with van der Waals surface area (Å²) in [7, 11) is -1.62. The van der Waals surface area contributed by atoms with E-state index in [1.807, 2.05) is 14.0 Å². The smallest absolute Gasteiger partial charge is 0.240 e. The topological polar surface area (TPSA) is 58.2 Å². The van der Waals surface area contributed by atoms with Gasteiger partial charge in [0.1, 0.15) is 0 Å². The molecule has 0 amide bonds. The highest BCUT2D eigenvalue weighted by atomic mass is 35.5. The van der Waals surface area contributed by atoms with Crippen LogP contribution >= 0.6 is 11.6 Å². The molecule has 0 heterocycles. The third-order valence-corrected chi connectivity index (χ3v) is 4.05. The Morgan fingerprint density at radius 3 is 2.59 bits per heavy atom. The molecule has 96 valence electrons. The minimum Gasteiger partial charge on any atom is -0.316 e. The molecule has 0 aromatic heterocycles. The fraction of sp³-hybridized carbons (Fsp3) is 0.455. The van der Waals surface area contributed by atoms with Gasteiger partial charge in [-0.25, -0.2) is 13.1 Å². The molecule has 0 saturated heterocycles. The van der Waals surface area contributed by atoms with Gasteiger partial charge in [-0.05, 0) is 31.2 Å². The molecule has 4 nitrogen and oxygen atoms in total. The van der Waals surface area contributed by atoms with E-state index >= 15 is 0 Å². The molecule has 6 heteroatoms. The van der Waals surface area contributed by atoms with Crippen molar-refractivity contribution in [3.05, 3.63) is 28.8 Å². The number of sulfonamides is 1. The summed E-state index contributed by atoms with van der Waals surface area (Å²) in [6.45, 7) is 2.95. The van der Waals surface area contributed by atoms with Gasteiger partial charge in [-0.3, -0.25) is 0 Å². The summed E-state index contributed by atoms with van der Waals surface area (Å²) in [5, 5.41) is 3.42. The van der Waals surface area contributed by atoms with Crippen LogP contribution < -0.4 is 10.0 Å². The van der Waals surface area contributed by atoms with Crippen LogP contribution in [0.4, 0.5) is 0 Å². The predicted molar refractivity (Wildman–Crippen MR) is 69.7 cm³/mol. The van der Waals surface area contributed by atoms with Gasteiger partial charge in [0.25, 0.3) is 0 Å². The van der Waals surface area contributed by atoms with Crippen molar-refractivity contribution in [1.82, 2.24) is 10.0 Å². The van der Waals surface area contributed by atoms with E-state index < -0.39 is 10.0 Å². The molecule has 0 radical (unpaired) electrons. The van der Waals surface area contributed by atoms with Gasteiger partial charge in [-0.2, -0.15) is 0 Å². The zero-order chi connectivity index (χ0) is 12.9. The Bertz CT molecular complexity index is 474. The van der Waals surface area contributed by atoms with Crippen LogP contribution in [0, 0.1) is 0 Å². The average Bonchev–Trinajstić information content (AvgIpc) is 2.29. The van der Waals surface area contributed by atoms with Crippen LogP contribution in [-0.2, 0) is 16.6 Å². The Balaban J connectivity index is 2.96. The SMILES string of the molecule is CCCNS(=O)(=O)c1ccc(CNC)c(Cl)c1. The molecule has 1 aromatic rings. The van der Waals surface area contributed by atoms with Crippen LogP contribution in [0.1, 0.15) is 18.9 Å². The first-order valence-corrected chi connectivity index (χ1v) is 7.30. The Labute approximate surface area is 107 Å². The van der Waals surface area contributed by atoms with E-state index in [-0.39, 0.29) is 4.90 Å². The third kappa shape index (κ3) is 3.96. The molecule has 0 spiro atoms. The molecule has 0 atom stereocenters. The quantitative estimate of drug-likeness (QED) is 0.832. The maximum atomic E-state index is 11.8. The lowest BCUT2D eigenvalue weighted by Crippen LogP contribution is -2.24. The highest BCUT2D eigenvalue weighted by Gasteiger charge is 2.14. The van der Waals surface area contributed by atoms with Gasteiger partial charge in [-0.1, -0.05) is 24.6 Å². The Hall–Kier alpha value is -0.620. The van der Waals surface area contributed by atoms with E-state index in [0.717, 1.165) is 12.0 Å². The van der Waals surface area contributed by atoms with Gasteiger partial charge in [-0.15, -0.1) is 0 Å². The van der Waals surface area contributed by atoms with Gasteiger partial charge in [0.15, 0.2) is 0 Å². The molecule has 0 aliphatic carbocycles. The monoisotopic (exact) mass is 276 g/mol. The van der Waals surface area contributed by atoms with Crippen LogP contribution in [-0.4, -0.2) is 22.0 Å². The summed E-state index contributed by atoms with van der Waals surface area (Å²) >= 11 is 6.02. The Kier molecular flexibility index (Phi) is 5.39. The van der Waals surface area contributed by atoms with Crippen LogP contribution in [0.15, 0.2) is 23.1 Å². The first-order chi connectivity index (χ1) is 8.01. The largest absolute Gasteiger partial charge is 0.316 e. The van der Waals surface area contributed by atoms with Crippen LogP contribution in [0.3, 0.4) is 0 Å². The van der Waals surface area contributed by atoms with Crippen molar-refractivity contribution in [2.24, 2.45) is 0 Å². The molecule has 0 aliphatic heterocycles. The molecular formula is C11H17ClN2O2S. The fourth-order valence-corrected chi connectivity index (χ4v) is 2.82. The second-order valence-electron chi connectivity index (χ2n) is 3.68. The zero-order valence-electron chi connectivity index (χ0n) is 9.96. The highest BCUT2D eigenvalue weighted by Crippen LogP contribution is 2.20. The van der Waals surface area contributed by atoms with E-state index in [9.17, 15) is 8.42 Å². The first-order valence-electron chi connectivity index (χ1n) is 5.44. The number of nitrogens with one attached hydrogen (secondary N) is 2. The summed E-state index contributed by atoms with van der Waals surface area (Å²) in [6.07, 6.45) is 0.755. The summed E-state index contributed by atoms with van der Waals surface area (Å²) in [6, 6.07) is 4.77. The van der Waals surface area contributed by atoms with Crippen LogP contribution in [0.5, 0.6) is 0 Å². The summed E-state index contributed by atoms with van der Waals surface area (Å²) in [5.74, 6) is 0. The molecule has 0 bridgehead atoms. The number of halogens is 1. The average molecular weight is 277 g/mol. The molecule has 0 fully saturated rings. The van der Waals surface area contributed by atoms with Gasteiger partial charge in [0.2, 0.25) is 10.0 Å². The van der Waals surface area contributed by atoms with E-state index in [4.69, 9.17) is 11.6 Å². The number of hydrogen-bond donors (Lipinski definition) is 2. The second kappa shape index (κ2) is 6.35. The zero-order valence-corrected chi connectivity index (χ0v) is 11.5. The van der Waals surface area contributed by atoms with Crippen molar-refractivity contribution in [2.45, 2.75) is 24.8 Å². The summed E-state index contributed by atoms with van der Waals surface area (Å²) < 4.78 is 26.2. The van der Waals surface area contributed by atoms with E-state index in [0.29, 0.717) is 18.1 Å². The maximum Gasteiger partial charge on any atom is 0.240 e. The Morgan fingerprint density at radius 2 is 2.06 bits per heavy atom. The van der Waals surface area contributed by atoms with Gasteiger partial charge >= 0.3 is 0 Å². The molecule has 0 saturated carbocycles. The lowest BCUT2D eigenvalue weighted by Gasteiger charge is -2.08. The number of hydrogen-bond acceptors (Lipinski definition) is 3. The van der Waals surface area contributed by atoms with Gasteiger partial charge in [0, 0.05) is 18.1 Å². The lowest BCUT2D eigenvalue weighted by atomic mass is 10.2. The fourth-order valence-electron chi connectivity index (χ4n) is 1.35. The van der Waals surface area contributed by atoms with E-state index in [1.165, 1.54) is 6.07 Å². The normalized spacial score (nSPS) is 11.7. The van der Waals surface area contributed by atoms with E-state index in [2.05, 4.69) is 10.0 Å². The third-order valence-electron chi connectivity index (χ3n) is 2.24. The molecule has 0 aliphatic rings. The molecule has 2 N–H and O–H groups in total.